The molecule has 1 saturated heterocycles. The average molecular weight is 384 g/mol. The molecule has 28 heavy (non-hydrogen) atoms. The molecule has 0 amide bonds. The Balaban J connectivity index is 1.63. The van der Waals surface area contributed by atoms with E-state index in [1.54, 1.807) is 7.11 Å². The summed E-state index contributed by atoms with van der Waals surface area (Å²) in [6.45, 7) is 6.65. The number of benzene rings is 1. The summed E-state index contributed by atoms with van der Waals surface area (Å²) in [5, 5.41) is 11.1. The van der Waals surface area contributed by atoms with Gasteiger partial charge in [-0.15, -0.1) is 0 Å². The van der Waals surface area contributed by atoms with E-state index < -0.39 is 0 Å². The number of hydrogen-bond donors (Lipinski definition) is 1. The number of methoxy groups -OCH3 is 1. The predicted octanol–water partition coefficient (Wildman–Crippen LogP) is 3.93. The lowest BCUT2D eigenvalue weighted by molar-refractivity contribution is -0.138. The third kappa shape index (κ3) is 2.43. The molecule has 4 aliphatic rings. The van der Waals surface area contributed by atoms with E-state index in [1.165, 1.54) is 31.4 Å². The van der Waals surface area contributed by atoms with Crippen molar-refractivity contribution < 1.29 is 14.6 Å². The number of hydrogen-bond acceptors (Lipinski definition) is 4. The smallest absolute Gasteiger partial charge is 0.161 e. The summed E-state index contributed by atoms with van der Waals surface area (Å²) < 4.78 is 5.45. The van der Waals surface area contributed by atoms with Gasteiger partial charge in [-0.05, 0) is 61.6 Å². The number of phenols is 1. The molecule has 0 aromatic heterocycles. The highest BCUT2D eigenvalue weighted by atomic mass is 16.5. The van der Waals surface area contributed by atoms with Gasteiger partial charge in [0, 0.05) is 35.9 Å². The molecule has 3 aliphatic carbocycles. The molecule has 1 N–H and O–H groups in total. The fraction of sp³-hybridized carbons (Fsp3) is 0.708. The number of Topliss-reactive ketones (excluding diaryl/α,β-unsaturated/α-hetero) is 1. The van der Waals surface area contributed by atoms with Gasteiger partial charge in [-0.2, -0.15) is 0 Å². The Kier molecular flexibility index (Phi) is 4.28. The Morgan fingerprint density at radius 2 is 2.07 bits per heavy atom. The SMILES string of the molecule is COc1ccc2c(c1O)[C@]13CCN(CC4CCC4)[C@H](C2)[C@@H]1C(C)C(C)C(=O)C3. The molecule has 2 bridgehead atoms. The lowest BCUT2D eigenvalue weighted by Crippen LogP contribution is -2.65. The predicted molar refractivity (Wildman–Crippen MR) is 109 cm³/mol. The highest BCUT2D eigenvalue weighted by Gasteiger charge is 2.60. The number of nitrogens with zero attached hydrogens (tertiary/aromatic N) is 1. The molecular weight excluding hydrogens is 350 g/mol. The van der Waals surface area contributed by atoms with Crippen LogP contribution in [0.2, 0.25) is 0 Å². The van der Waals surface area contributed by atoms with Gasteiger partial charge in [0.05, 0.1) is 7.11 Å². The van der Waals surface area contributed by atoms with Crippen LogP contribution >= 0.6 is 0 Å². The minimum absolute atomic E-state index is 0.110. The third-order valence-corrected chi connectivity index (χ3v) is 8.81. The van der Waals surface area contributed by atoms with Crippen LogP contribution < -0.4 is 4.74 Å². The summed E-state index contributed by atoms with van der Waals surface area (Å²) in [7, 11) is 1.61. The van der Waals surface area contributed by atoms with Crippen LogP contribution in [0.15, 0.2) is 12.1 Å². The Hall–Kier alpha value is -1.55. The van der Waals surface area contributed by atoms with Crippen molar-refractivity contribution >= 4 is 5.78 Å². The van der Waals surface area contributed by atoms with E-state index in [1.807, 2.05) is 6.07 Å². The molecule has 0 radical (unpaired) electrons. The van der Waals surface area contributed by atoms with Crippen molar-refractivity contribution in [1.82, 2.24) is 4.90 Å². The first-order valence-electron chi connectivity index (χ1n) is 11.1. The van der Waals surface area contributed by atoms with Crippen LogP contribution in [-0.2, 0) is 16.6 Å². The number of fused-ring (bicyclic) bond motifs is 1. The fourth-order valence-corrected chi connectivity index (χ4v) is 7.01. The van der Waals surface area contributed by atoms with Crippen LogP contribution in [-0.4, -0.2) is 42.0 Å². The molecule has 2 unspecified atom stereocenters. The third-order valence-electron chi connectivity index (χ3n) is 8.81. The number of carbonyl (C=O) groups excluding carboxylic acids is 1. The van der Waals surface area contributed by atoms with Crippen LogP contribution in [0.3, 0.4) is 0 Å². The molecule has 1 heterocycles. The zero-order valence-electron chi connectivity index (χ0n) is 17.4. The summed E-state index contributed by atoms with van der Waals surface area (Å²) in [5.41, 5.74) is 2.03. The standard InChI is InChI=1S/C24H33NO3/c1-14-15(2)21-18-11-17-7-8-20(28-3)23(27)22(17)24(21,12-19(14)26)9-10-25(18)13-16-5-4-6-16/h7-8,14-16,18,21,27H,4-6,9-13H2,1-3H3/t14?,15?,18-,21+,24+/m1/s1. The van der Waals surface area contributed by atoms with Gasteiger partial charge in [0.15, 0.2) is 11.5 Å². The van der Waals surface area contributed by atoms with Gasteiger partial charge >= 0.3 is 0 Å². The molecular formula is C24H33NO3. The molecule has 1 aromatic carbocycles. The van der Waals surface area contributed by atoms with Crippen molar-refractivity contribution in [3.8, 4) is 11.5 Å². The van der Waals surface area contributed by atoms with Crippen LogP contribution in [0.5, 0.6) is 11.5 Å². The van der Waals surface area contributed by atoms with E-state index in [9.17, 15) is 9.90 Å². The Morgan fingerprint density at radius 3 is 2.75 bits per heavy atom. The number of piperidine rings is 1. The largest absolute Gasteiger partial charge is 0.504 e. The van der Waals surface area contributed by atoms with Crippen molar-refractivity contribution in [2.24, 2.45) is 23.7 Å². The lowest BCUT2D eigenvalue weighted by atomic mass is 9.47. The van der Waals surface area contributed by atoms with E-state index in [0.717, 1.165) is 30.9 Å². The number of aromatic hydroxyl groups is 1. The van der Waals surface area contributed by atoms with E-state index in [0.29, 0.717) is 35.8 Å². The Morgan fingerprint density at radius 1 is 1.29 bits per heavy atom. The van der Waals surface area contributed by atoms with Crippen molar-refractivity contribution in [3.63, 3.8) is 0 Å². The molecule has 4 nitrogen and oxygen atoms in total. The van der Waals surface area contributed by atoms with Gasteiger partial charge in [-0.25, -0.2) is 0 Å². The molecule has 152 valence electrons. The summed E-state index contributed by atoms with van der Waals surface area (Å²) in [4.78, 5) is 15.8. The first-order chi connectivity index (χ1) is 13.5. The average Bonchev–Trinajstić information content (AvgIpc) is 2.63. The second-order valence-corrected chi connectivity index (χ2v) is 9.94. The second-order valence-electron chi connectivity index (χ2n) is 9.94. The van der Waals surface area contributed by atoms with Crippen molar-refractivity contribution in [2.45, 2.75) is 63.8 Å². The highest BCUT2D eigenvalue weighted by Crippen LogP contribution is 2.61. The van der Waals surface area contributed by atoms with E-state index in [4.69, 9.17) is 4.74 Å². The van der Waals surface area contributed by atoms with E-state index >= 15 is 0 Å². The van der Waals surface area contributed by atoms with Gasteiger partial charge in [-0.3, -0.25) is 9.69 Å². The van der Waals surface area contributed by atoms with Crippen LogP contribution in [0.25, 0.3) is 0 Å². The number of likely N-dealkylation sites (tertiary alicyclic amines) is 1. The number of rotatable bonds is 3. The van der Waals surface area contributed by atoms with Gasteiger partial charge in [0.2, 0.25) is 0 Å². The topological polar surface area (TPSA) is 49.8 Å². The van der Waals surface area contributed by atoms with Crippen LogP contribution in [0.1, 0.15) is 57.1 Å². The van der Waals surface area contributed by atoms with Gasteiger partial charge in [0.1, 0.15) is 5.78 Å². The summed E-state index contributed by atoms with van der Waals surface area (Å²) in [5.74, 6) is 2.93. The van der Waals surface area contributed by atoms with Crippen LogP contribution in [0, 0.1) is 23.7 Å². The molecule has 4 heteroatoms. The van der Waals surface area contributed by atoms with Crippen LogP contribution in [0.4, 0.5) is 0 Å². The summed E-state index contributed by atoms with van der Waals surface area (Å²) in [6.07, 6.45) is 6.66. The minimum atomic E-state index is -0.226. The zero-order chi connectivity index (χ0) is 19.6. The Bertz CT molecular complexity index is 801. The summed E-state index contributed by atoms with van der Waals surface area (Å²) in [6, 6.07) is 4.52. The van der Waals surface area contributed by atoms with E-state index in [2.05, 4.69) is 24.8 Å². The normalized spacial score (nSPS) is 37.8. The lowest BCUT2D eigenvalue weighted by Gasteiger charge is -2.62. The minimum Gasteiger partial charge on any atom is -0.504 e. The molecule has 1 aromatic rings. The van der Waals surface area contributed by atoms with Crippen molar-refractivity contribution in [1.29, 1.82) is 0 Å². The first kappa shape index (κ1) is 18.5. The van der Waals surface area contributed by atoms with Gasteiger partial charge < -0.3 is 9.84 Å². The fourth-order valence-electron chi connectivity index (χ4n) is 7.01. The number of carbonyl (C=O) groups is 1. The maximum atomic E-state index is 13.0. The van der Waals surface area contributed by atoms with Gasteiger partial charge in [0.25, 0.3) is 0 Å². The molecule has 5 rings (SSSR count). The quantitative estimate of drug-likeness (QED) is 0.859. The molecule has 0 spiro atoms. The van der Waals surface area contributed by atoms with E-state index in [-0.39, 0.29) is 17.1 Å². The summed E-state index contributed by atoms with van der Waals surface area (Å²) >= 11 is 0. The number of phenolic OH excluding ortho intramolecular Hbond substituents is 1. The Labute approximate surface area is 168 Å². The van der Waals surface area contributed by atoms with Gasteiger partial charge in [-0.1, -0.05) is 26.3 Å². The maximum absolute atomic E-state index is 13.0. The zero-order valence-corrected chi connectivity index (χ0v) is 17.4. The van der Waals surface area contributed by atoms with Crippen molar-refractivity contribution in [3.05, 3.63) is 23.3 Å². The highest BCUT2D eigenvalue weighted by molar-refractivity contribution is 5.84. The molecule has 3 fully saturated rings. The molecule has 2 saturated carbocycles. The monoisotopic (exact) mass is 383 g/mol. The number of ether oxygens (including phenoxy) is 1. The van der Waals surface area contributed by atoms with Crippen molar-refractivity contribution in [2.75, 3.05) is 20.2 Å². The number of ketones is 1. The maximum Gasteiger partial charge on any atom is 0.161 e. The first-order valence-corrected chi connectivity index (χ1v) is 11.1. The second kappa shape index (κ2) is 6.48. The molecule has 1 aliphatic heterocycles. The molecule has 5 atom stereocenters.